The number of hydrogen-bond acceptors (Lipinski definition) is 4. The molecule has 0 aliphatic rings. The fourth-order valence-corrected chi connectivity index (χ4v) is 1.88. The maximum Gasteiger partial charge on any atom is 0.358 e. The van der Waals surface area contributed by atoms with Crippen LogP contribution in [0.15, 0.2) is 22.7 Å². The number of carboxylic acids is 1. The molecule has 0 atom stereocenters. The van der Waals surface area contributed by atoms with Gasteiger partial charge < -0.3 is 14.4 Å². The molecule has 5 nitrogen and oxygen atoms in total. The van der Waals surface area contributed by atoms with Gasteiger partial charge in [-0.25, -0.2) is 4.79 Å². The third-order valence-electron chi connectivity index (χ3n) is 2.48. The van der Waals surface area contributed by atoms with Crippen molar-refractivity contribution in [2.24, 2.45) is 0 Å². The SMILES string of the molecule is COc1cc(-c2cc(C(=O)O)no2)c(Cl)cc1C. The van der Waals surface area contributed by atoms with Crippen molar-refractivity contribution in [2.75, 3.05) is 7.11 Å². The number of nitrogens with zero attached hydrogens (tertiary/aromatic N) is 1. The summed E-state index contributed by atoms with van der Waals surface area (Å²) in [6.45, 7) is 1.86. The summed E-state index contributed by atoms with van der Waals surface area (Å²) < 4.78 is 10.1. The molecular formula is C12H10ClNO4. The first kappa shape index (κ1) is 12.4. The Morgan fingerprint density at radius 2 is 2.17 bits per heavy atom. The molecular weight excluding hydrogens is 258 g/mol. The van der Waals surface area contributed by atoms with Crippen molar-refractivity contribution < 1.29 is 19.2 Å². The second kappa shape index (κ2) is 4.70. The van der Waals surface area contributed by atoms with E-state index < -0.39 is 5.97 Å². The summed E-state index contributed by atoms with van der Waals surface area (Å²) in [5, 5.41) is 12.7. The molecule has 0 spiro atoms. The normalized spacial score (nSPS) is 10.4. The summed E-state index contributed by atoms with van der Waals surface area (Å²) in [4.78, 5) is 10.7. The van der Waals surface area contributed by atoms with E-state index in [-0.39, 0.29) is 11.5 Å². The molecule has 18 heavy (non-hydrogen) atoms. The summed E-state index contributed by atoms with van der Waals surface area (Å²) in [6, 6.07) is 4.72. The quantitative estimate of drug-likeness (QED) is 0.925. The molecule has 6 heteroatoms. The van der Waals surface area contributed by atoms with Crippen molar-refractivity contribution in [3.63, 3.8) is 0 Å². The van der Waals surface area contributed by atoms with E-state index in [1.165, 1.54) is 6.07 Å². The molecule has 0 aliphatic heterocycles. The second-order valence-electron chi connectivity index (χ2n) is 3.68. The minimum absolute atomic E-state index is 0.166. The number of rotatable bonds is 3. The van der Waals surface area contributed by atoms with Crippen molar-refractivity contribution in [2.45, 2.75) is 6.92 Å². The number of aryl methyl sites for hydroxylation is 1. The van der Waals surface area contributed by atoms with Gasteiger partial charge in [-0.05, 0) is 24.6 Å². The van der Waals surface area contributed by atoms with Crippen LogP contribution in [-0.4, -0.2) is 23.3 Å². The first-order chi connectivity index (χ1) is 8.52. The van der Waals surface area contributed by atoms with Crippen molar-refractivity contribution in [1.82, 2.24) is 5.16 Å². The fourth-order valence-electron chi connectivity index (χ4n) is 1.56. The Bertz CT molecular complexity index is 606. The lowest BCUT2D eigenvalue weighted by atomic mass is 10.1. The van der Waals surface area contributed by atoms with Crippen LogP contribution in [-0.2, 0) is 0 Å². The maximum atomic E-state index is 10.7. The van der Waals surface area contributed by atoms with Gasteiger partial charge in [-0.15, -0.1) is 0 Å². The highest BCUT2D eigenvalue weighted by atomic mass is 35.5. The molecule has 0 saturated carbocycles. The summed E-state index contributed by atoms with van der Waals surface area (Å²) in [5.41, 5.74) is 1.25. The van der Waals surface area contributed by atoms with Crippen LogP contribution in [0.4, 0.5) is 0 Å². The second-order valence-corrected chi connectivity index (χ2v) is 4.09. The molecule has 1 N–H and O–H groups in total. The van der Waals surface area contributed by atoms with Crippen LogP contribution >= 0.6 is 11.6 Å². The van der Waals surface area contributed by atoms with Gasteiger partial charge in [0.05, 0.1) is 12.1 Å². The third kappa shape index (κ3) is 2.17. The van der Waals surface area contributed by atoms with E-state index in [2.05, 4.69) is 5.16 Å². The van der Waals surface area contributed by atoms with E-state index in [1.54, 1.807) is 19.2 Å². The van der Waals surface area contributed by atoms with Crippen molar-refractivity contribution >= 4 is 17.6 Å². The summed E-state index contributed by atoms with van der Waals surface area (Å²) in [7, 11) is 1.54. The zero-order chi connectivity index (χ0) is 13.3. The highest BCUT2D eigenvalue weighted by Crippen LogP contribution is 2.34. The Morgan fingerprint density at radius 3 is 2.72 bits per heavy atom. The molecule has 1 aromatic heterocycles. The van der Waals surface area contributed by atoms with Gasteiger partial charge in [-0.1, -0.05) is 16.8 Å². The van der Waals surface area contributed by atoms with Gasteiger partial charge in [0.1, 0.15) is 5.75 Å². The van der Waals surface area contributed by atoms with Crippen LogP contribution < -0.4 is 4.74 Å². The first-order valence-electron chi connectivity index (χ1n) is 5.07. The van der Waals surface area contributed by atoms with Crippen LogP contribution in [0, 0.1) is 6.92 Å². The number of aromatic nitrogens is 1. The molecule has 0 amide bonds. The van der Waals surface area contributed by atoms with Gasteiger partial charge in [-0.2, -0.15) is 0 Å². The van der Waals surface area contributed by atoms with E-state index in [4.69, 9.17) is 26.0 Å². The molecule has 94 valence electrons. The Morgan fingerprint density at radius 1 is 1.44 bits per heavy atom. The molecule has 2 aromatic rings. The average Bonchev–Trinajstić information content (AvgIpc) is 2.78. The zero-order valence-corrected chi connectivity index (χ0v) is 10.5. The van der Waals surface area contributed by atoms with E-state index in [1.807, 2.05) is 6.92 Å². The van der Waals surface area contributed by atoms with Crippen LogP contribution in [0.2, 0.25) is 5.02 Å². The van der Waals surface area contributed by atoms with Gasteiger partial charge in [-0.3, -0.25) is 0 Å². The number of ether oxygens (including phenoxy) is 1. The van der Waals surface area contributed by atoms with E-state index in [0.717, 1.165) is 5.56 Å². The molecule has 0 unspecified atom stereocenters. The number of methoxy groups -OCH3 is 1. The summed E-state index contributed by atoms with van der Waals surface area (Å²) in [5.74, 6) is -0.224. The number of aromatic carboxylic acids is 1. The predicted octanol–water partition coefficient (Wildman–Crippen LogP) is 3.01. The number of carbonyl (C=O) groups is 1. The minimum Gasteiger partial charge on any atom is -0.496 e. The van der Waals surface area contributed by atoms with E-state index >= 15 is 0 Å². The van der Waals surface area contributed by atoms with Gasteiger partial charge >= 0.3 is 5.97 Å². The minimum atomic E-state index is -1.15. The van der Waals surface area contributed by atoms with E-state index in [0.29, 0.717) is 16.3 Å². The Balaban J connectivity index is 2.52. The summed E-state index contributed by atoms with van der Waals surface area (Å²) in [6.07, 6.45) is 0. The molecule has 1 heterocycles. The maximum absolute atomic E-state index is 10.7. The predicted molar refractivity (Wildman–Crippen MR) is 65.2 cm³/mol. The topological polar surface area (TPSA) is 72.6 Å². The third-order valence-corrected chi connectivity index (χ3v) is 2.79. The molecule has 0 aliphatic carbocycles. The highest BCUT2D eigenvalue weighted by Gasteiger charge is 2.16. The lowest BCUT2D eigenvalue weighted by Gasteiger charge is -2.07. The van der Waals surface area contributed by atoms with Gasteiger partial charge in [0.15, 0.2) is 11.5 Å². The zero-order valence-electron chi connectivity index (χ0n) is 9.73. The van der Waals surface area contributed by atoms with Crippen LogP contribution in [0.5, 0.6) is 5.75 Å². The molecule has 0 fully saturated rings. The van der Waals surface area contributed by atoms with Crippen LogP contribution in [0.25, 0.3) is 11.3 Å². The van der Waals surface area contributed by atoms with Gasteiger partial charge in [0.2, 0.25) is 0 Å². The number of carboxylic acid groups (broad SMARTS) is 1. The van der Waals surface area contributed by atoms with Crippen molar-refractivity contribution in [3.8, 4) is 17.1 Å². The highest BCUT2D eigenvalue weighted by molar-refractivity contribution is 6.33. The van der Waals surface area contributed by atoms with Crippen LogP contribution in [0.3, 0.4) is 0 Å². The lowest BCUT2D eigenvalue weighted by Crippen LogP contribution is -1.94. The summed E-state index contributed by atoms with van der Waals surface area (Å²) >= 11 is 6.09. The smallest absolute Gasteiger partial charge is 0.358 e. The Hall–Kier alpha value is -2.01. The number of halogens is 1. The van der Waals surface area contributed by atoms with Crippen molar-refractivity contribution in [1.29, 1.82) is 0 Å². The standard InChI is InChI=1S/C12H10ClNO4/c1-6-3-8(13)7(4-10(6)17-2)11-5-9(12(15)16)14-18-11/h3-5H,1-2H3,(H,15,16). The van der Waals surface area contributed by atoms with Crippen molar-refractivity contribution in [3.05, 3.63) is 34.5 Å². The van der Waals surface area contributed by atoms with E-state index in [9.17, 15) is 4.79 Å². The Labute approximate surface area is 108 Å². The average molecular weight is 268 g/mol. The molecule has 0 saturated heterocycles. The number of hydrogen-bond donors (Lipinski definition) is 1. The molecule has 1 aromatic carbocycles. The monoisotopic (exact) mass is 267 g/mol. The number of benzene rings is 1. The lowest BCUT2D eigenvalue weighted by molar-refractivity contribution is 0.0686. The first-order valence-corrected chi connectivity index (χ1v) is 5.45. The molecule has 2 rings (SSSR count). The van der Waals surface area contributed by atoms with Gasteiger partial charge in [0.25, 0.3) is 0 Å². The molecule has 0 radical (unpaired) electrons. The Kier molecular flexibility index (Phi) is 3.25. The fraction of sp³-hybridized carbons (Fsp3) is 0.167. The largest absolute Gasteiger partial charge is 0.496 e. The van der Waals surface area contributed by atoms with Gasteiger partial charge in [0, 0.05) is 11.6 Å². The van der Waals surface area contributed by atoms with Crippen LogP contribution in [0.1, 0.15) is 16.1 Å². The molecule has 0 bridgehead atoms.